The zero-order valence-corrected chi connectivity index (χ0v) is 12.3. The van der Waals surface area contributed by atoms with Crippen LogP contribution in [0.4, 0.5) is 0 Å². The van der Waals surface area contributed by atoms with Gasteiger partial charge in [0.25, 0.3) is 0 Å². The number of ether oxygens (including phenoxy) is 3. The normalized spacial score (nSPS) is 49.8. The zero-order chi connectivity index (χ0) is 18.2. The predicted octanol–water partition coefficient (Wildman–Crippen LogP) is -5.34. The Kier molecular flexibility index (Phi) is 6.09. The van der Waals surface area contributed by atoms with Gasteiger partial charge in [-0.3, -0.25) is 0 Å². The Morgan fingerprint density at radius 2 is 1.62 bits per heavy atom. The molecule has 0 radical (unpaired) electrons. The fraction of sp³-hybridized carbons (Fsp3) is 0.917. The first-order valence-electron chi connectivity index (χ1n) is 7.15. The number of aliphatic carboxylic acids is 1. The Morgan fingerprint density at radius 3 is 2.17 bits per heavy atom. The molecule has 9 N–H and O–H groups in total. The first-order chi connectivity index (χ1) is 11.2. The molecule has 0 spiro atoms. The molecule has 12 heteroatoms. The standard InChI is InChI=1S/C12H21NO11/c13-3-8(4(15)2(1-14)22-11(3)21)23-12-7(18)5(16)6(17)9(24-12)10(19)20/h2-9,11-12,14-18,21H,1,13H2,(H,19,20)/t2-,3-,4-,5+,6+,7-,8-,9+,11+,12-/m1/s1. The highest BCUT2D eigenvalue weighted by molar-refractivity contribution is 5.73. The van der Waals surface area contributed by atoms with Crippen molar-refractivity contribution >= 4 is 5.97 Å². The topological polar surface area (TPSA) is 212 Å². The minimum Gasteiger partial charge on any atom is -0.479 e. The molecular weight excluding hydrogens is 334 g/mol. The van der Waals surface area contributed by atoms with Crippen molar-refractivity contribution in [2.75, 3.05) is 6.61 Å². The second-order valence-electron chi connectivity index (χ2n) is 5.65. The van der Waals surface area contributed by atoms with Gasteiger partial charge < -0.3 is 55.7 Å². The largest absolute Gasteiger partial charge is 0.479 e. The van der Waals surface area contributed by atoms with Crippen LogP contribution < -0.4 is 5.73 Å². The number of carboxylic acid groups (broad SMARTS) is 1. The molecule has 24 heavy (non-hydrogen) atoms. The maximum absolute atomic E-state index is 11.0. The fourth-order valence-corrected chi connectivity index (χ4v) is 2.59. The lowest BCUT2D eigenvalue weighted by Crippen LogP contribution is -2.66. The monoisotopic (exact) mass is 355 g/mol. The van der Waals surface area contributed by atoms with Gasteiger partial charge in [-0.15, -0.1) is 0 Å². The molecule has 0 saturated carbocycles. The van der Waals surface area contributed by atoms with Crippen molar-refractivity contribution in [2.45, 2.75) is 61.3 Å². The summed E-state index contributed by atoms with van der Waals surface area (Å²) in [5, 5.41) is 67.0. The van der Waals surface area contributed by atoms with Gasteiger partial charge in [0, 0.05) is 0 Å². The van der Waals surface area contributed by atoms with E-state index in [-0.39, 0.29) is 0 Å². The first-order valence-corrected chi connectivity index (χ1v) is 7.15. The first kappa shape index (κ1) is 19.4. The quantitative estimate of drug-likeness (QED) is 0.237. The molecule has 0 aromatic carbocycles. The van der Waals surface area contributed by atoms with Crippen molar-refractivity contribution in [3.05, 3.63) is 0 Å². The minimum atomic E-state index is -1.90. The summed E-state index contributed by atoms with van der Waals surface area (Å²) in [7, 11) is 0. The number of aliphatic hydroxyl groups is 6. The highest BCUT2D eigenvalue weighted by Crippen LogP contribution is 2.28. The predicted molar refractivity (Wildman–Crippen MR) is 71.1 cm³/mol. The van der Waals surface area contributed by atoms with Crippen molar-refractivity contribution in [1.82, 2.24) is 0 Å². The smallest absolute Gasteiger partial charge is 0.335 e. The number of hydrogen-bond acceptors (Lipinski definition) is 11. The molecule has 10 atom stereocenters. The van der Waals surface area contributed by atoms with E-state index in [4.69, 9.17) is 30.2 Å². The van der Waals surface area contributed by atoms with E-state index >= 15 is 0 Å². The number of aliphatic hydroxyl groups excluding tert-OH is 6. The molecule has 2 rings (SSSR count). The molecule has 0 aromatic heterocycles. The molecule has 0 aliphatic carbocycles. The molecule has 0 unspecified atom stereocenters. The van der Waals surface area contributed by atoms with E-state index < -0.39 is 73.9 Å². The Hall–Kier alpha value is -0.930. The van der Waals surface area contributed by atoms with E-state index in [0.29, 0.717) is 0 Å². The average molecular weight is 355 g/mol. The molecule has 0 amide bonds. The number of nitrogens with two attached hydrogens (primary N) is 1. The van der Waals surface area contributed by atoms with Gasteiger partial charge >= 0.3 is 5.97 Å². The lowest BCUT2D eigenvalue weighted by Gasteiger charge is -2.45. The van der Waals surface area contributed by atoms with Crippen molar-refractivity contribution < 1.29 is 54.8 Å². The second kappa shape index (κ2) is 7.53. The molecule has 12 nitrogen and oxygen atoms in total. The van der Waals surface area contributed by atoms with Gasteiger partial charge in [0.05, 0.1) is 12.6 Å². The molecule has 2 aliphatic rings. The third kappa shape index (κ3) is 3.52. The van der Waals surface area contributed by atoms with Crippen LogP contribution in [0.25, 0.3) is 0 Å². The Bertz CT molecular complexity index is 451. The maximum Gasteiger partial charge on any atom is 0.335 e. The molecule has 2 aliphatic heterocycles. The van der Waals surface area contributed by atoms with Gasteiger partial charge in [0.15, 0.2) is 18.7 Å². The Balaban J connectivity index is 2.16. The van der Waals surface area contributed by atoms with Gasteiger partial charge in [-0.05, 0) is 0 Å². The summed E-state index contributed by atoms with van der Waals surface area (Å²) in [5.74, 6) is -1.60. The van der Waals surface area contributed by atoms with Crippen LogP contribution in [0.3, 0.4) is 0 Å². The summed E-state index contributed by atoms with van der Waals surface area (Å²) >= 11 is 0. The van der Waals surface area contributed by atoms with Crippen LogP contribution in [0.15, 0.2) is 0 Å². The van der Waals surface area contributed by atoms with Crippen molar-refractivity contribution in [1.29, 1.82) is 0 Å². The lowest BCUT2D eigenvalue weighted by molar-refractivity contribution is -0.335. The molecule has 140 valence electrons. The van der Waals surface area contributed by atoms with E-state index in [2.05, 4.69) is 0 Å². The molecule has 2 heterocycles. The third-order valence-electron chi connectivity index (χ3n) is 4.02. The van der Waals surface area contributed by atoms with Crippen molar-refractivity contribution in [2.24, 2.45) is 5.73 Å². The third-order valence-corrected chi connectivity index (χ3v) is 4.02. The zero-order valence-electron chi connectivity index (χ0n) is 12.3. The van der Waals surface area contributed by atoms with Gasteiger partial charge in [-0.25, -0.2) is 4.79 Å². The Morgan fingerprint density at radius 1 is 1.00 bits per heavy atom. The number of hydrogen-bond donors (Lipinski definition) is 8. The van der Waals surface area contributed by atoms with E-state index in [9.17, 15) is 30.3 Å². The number of carboxylic acids is 1. The van der Waals surface area contributed by atoms with Crippen LogP contribution >= 0.6 is 0 Å². The summed E-state index contributed by atoms with van der Waals surface area (Å²) in [6.07, 6.45) is -15.1. The lowest BCUT2D eigenvalue weighted by atomic mass is 9.96. The maximum atomic E-state index is 11.0. The highest BCUT2D eigenvalue weighted by Gasteiger charge is 2.51. The van der Waals surface area contributed by atoms with Crippen LogP contribution in [0.2, 0.25) is 0 Å². The molecule has 2 saturated heterocycles. The second-order valence-corrected chi connectivity index (χ2v) is 5.65. The van der Waals surface area contributed by atoms with Gasteiger partial charge in [-0.2, -0.15) is 0 Å². The minimum absolute atomic E-state index is 0.669. The fourth-order valence-electron chi connectivity index (χ4n) is 2.59. The summed E-state index contributed by atoms with van der Waals surface area (Å²) in [6, 6.07) is -1.31. The molecule has 0 aromatic rings. The molecule has 0 bridgehead atoms. The van der Waals surface area contributed by atoms with Crippen LogP contribution in [-0.2, 0) is 19.0 Å². The van der Waals surface area contributed by atoms with E-state index in [1.807, 2.05) is 0 Å². The highest BCUT2D eigenvalue weighted by atomic mass is 16.7. The number of carbonyl (C=O) groups is 1. The molecular formula is C12H21NO11. The summed E-state index contributed by atoms with van der Waals surface area (Å²) in [4.78, 5) is 11.0. The van der Waals surface area contributed by atoms with Gasteiger partial charge in [-0.1, -0.05) is 0 Å². The van der Waals surface area contributed by atoms with Crippen molar-refractivity contribution in [3.63, 3.8) is 0 Å². The van der Waals surface area contributed by atoms with Crippen LogP contribution in [0, 0.1) is 0 Å². The molecule has 2 fully saturated rings. The summed E-state index contributed by atoms with van der Waals surface area (Å²) < 4.78 is 15.0. The SMILES string of the molecule is N[C@@H]1[C@@H](O[C@@H]2O[C@H](C(=O)O)[C@@H](O)[C@H](O)[C@H]2O)[C@H](O)[C@@H](CO)O[C@@H]1O. The van der Waals surface area contributed by atoms with Gasteiger partial charge in [0.2, 0.25) is 0 Å². The van der Waals surface area contributed by atoms with E-state index in [1.165, 1.54) is 0 Å². The van der Waals surface area contributed by atoms with Crippen molar-refractivity contribution in [3.8, 4) is 0 Å². The van der Waals surface area contributed by atoms with E-state index in [0.717, 1.165) is 0 Å². The van der Waals surface area contributed by atoms with Gasteiger partial charge in [0.1, 0.15) is 36.6 Å². The Labute approximate surface area is 135 Å². The van der Waals surface area contributed by atoms with Crippen LogP contribution in [0.1, 0.15) is 0 Å². The summed E-state index contributed by atoms with van der Waals surface area (Å²) in [6.45, 7) is -0.669. The summed E-state index contributed by atoms with van der Waals surface area (Å²) in [5.41, 5.74) is 5.64. The van der Waals surface area contributed by atoms with E-state index in [1.54, 1.807) is 0 Å². The average Bonchev–Trinajstić information content (AvgIpc) is 2.54. The van der Waals surface area contributed by atoms with Crippen LogP contribution in [-0.4, -0.2) is 110 Å². The van der Waals surface area contributed by atoms with Crippen LogP contribution in [0.5, 0.6) is 0 Å². The number of rotatable bonds is 4.